The average molecular weight is 552 g/mol. The van der Waals surface area contributed by atoms with Crippen molar-refractivity contribution in [3.8, 4) is 5.75 Å². The smallest absolute Gasteiger partial charge is 0.309 e. The molecule has 0 saturated heterocycles. The number of nitrogens with zero attached hydrogens (tertiary/aromatic N) is 3. The quantitative estimate of drug-likeness (QED) is 0.214. The average Bonchev–Trinajstić information content (AvgIpc) is 3.10. The van der Waals surface area contributed by atoms with Gasteiger partial charge in [0.05, 0.1) is 17.3 Å². The maximum absolute atomic E-state index is 12.2. The first-order chi connectivity index (χ1) is 17.8. The van der Waals surface area contributed by atoms with Crippen LogP contribution in [0.1, 0.15) is 64.6 Å². The fourth-order valence-corrected chi connectivity index (χ4v) is 5.50. The third-order valence-electron chi connectivity index (χ3n) is 6.20. The first-order valence-electron chi connectivity index (χ1n) is 12.6. The zero-order valence-electron chi connectivity index (χ0n) is 22.7. The number of benzene rings is 1. The predicted octanol–water partition coefficient (Wildman–Crippen LogP) is 7.82. The Labute approximate surface area is 233 Å². The van der Waals surface area contributed by atoms with Gasteiger partial charge in [-0.05, 0) is 56.7 Å². The molecule has 3 aromatic heterocycles. The lowest BCUT2D eigenvalue weighted by atomic mass is 9.88. The minimum absolute atomic E-state index is 0.111. The second-order valence-electron chi connectivity index (χ2n) is 11.1. The minimum Gasteiger partial charge on any atom is -0.483 e. The normalized spacial score (nSPS) is 13.0. The Kier molecular flexibility index (Phi) is 8.09. The van der Waals surface area contributed by atoms with E-state index >= 15 is 0 Å². The van der Waals surface area contributed by atoms with Crippen molar-refractivity contribution in [1.29, 1.82) is 0 Å². The van der Waals surface area contributed by atoms with Crippen LogP contribution in [-0.2, 0) is 17.8 Å². The number of fused-ring (bicyclic) bond motifs is 1. The van der Waals surface area contributed by atoms with Crippen LogP contribution in [0.5, 0.6) is 5.75 Å². The molecule has 4 aromatic rings. The van der Waals surface area contributed by atoms with Crippen LogP contribution in [0, 0.1) is 5.41 Å². The second kappa shape index (κ2) is 11.0. The Hall–Kier alpha value is -3.03. The number of carbonyl (C=O) groups is 1. The van der Waals surface area contributed by atoms with E-state index in [0.29, 0.717) is 23.7 Å². The molecule has 0 spiro atoms. The lowest BCUT2D eigenvalue weighted by molar-refractivity contribution is -0.146. The molecule has 0 aliphatic rings. The zero-order chi connectivity index (χ0) is 27.7. The summed E-state index contributed by atoms with van der Waals surface area (Å²) < 4.78 is 8.29. The number of ether oxygens (including phenoxy) is 1. The highest BCUT2D eigenvalue weighted by atomic mass is 35.5. The molecule has 1 aromatic carbocycles. The first kappa shape index (κ1) is 28.0. The van der Waals surface area contributed by atoms with Gasteiger partial charge in [0, 0.05) is 44.9 Å². The standard InChI is InChI=1S/C30H34ClN3O3S/c1-19(24-9-7-8-14-32-24)37-22-15-23-26(38-29(2,3)4)25(16-30(5,6)28(35)36)34(27(23)33-17-22)18-20-10-12-21(31)13-11-20/h7-15,17,19H,16,18H2,1-6H3,(H,35,36)/t19-/m1/s1. The van der Waals surface area contributed by atoms with Crippen LogP contribution in [0.3, 0.4) is 0 Å². The van der Waals surface area contributed by atoms with Crippen molar-refractivity contribution in [2.24, 2.45) is 5.41 Å². The number of hydrogen-bond donors (Lipinski definition) is 1. The molecule has 0 aliphatic carbocycles. The Morgan fingerprint density at radius 3 is 2.42 bits per heavy atom. The number of pyridine rings is 2. The van der Waals surface area contributed by atoms with Gasteiger partial charge in [-0.2, -0.15) is 0 Å². The number of hydrogen-bond acceptors (Lipinski definition) is 5. The van der Waals surface area contributed by atoms with Crippen LogP contribution in [0.2, 0.25) is 5.02 Å². The van der Waals surface area contributed by atoms with E-state index in [9.17, 15) is 9.90 Å². The van der Waals surface area contributed by atoms with Gasteiger partial charge in [-0.3, -0.25) is 9.78 Å². The van der Waals surface area contributed by atoms with Crippen molar-refractivity contribution in [2.45, 2.75) is 70.3 Å². The van der Waals surface area contributed by atoms with Crippen molar-refractivity contribution in [2.75, 3.05) is 0 Å². The summed E-state index contributed by atoms with van der Waals surface area (Å²) in [5, 5.41) is 11.6. The summed E-state index contributed by atoms with van der Waals surface area (Å²) in [6.45, 7) is 12.5. The number of rotatable bonds is 9. The molecule has 1 N–H and O–H groups in total. The highest BCUT2D eigenvalue weighted by Gasteiger charge is 2.33. The van der Waals surface area contributed by atoms with Crippen LogP contribution in [0.25, 0.3) is 11.0 Å². The summed E-state index contributed by atoms with van der Waals surface area (Å²) in [6.07, 6.45) is 3.58. The van der Waals surface area contributed by atoms with E-state index in [0.717, 1.165) is 32.9 Å². The topological polar surface area (TPSA) is 77.2 Å². The monoisotopic (exact) mass is 551 g/mol. The van der Waals surface area contributed by atoms with E-state index in [1.807, 2.05) is 55.5 Å². The van der Waals surface area contributed by atoms with Crippen LogP contribution in [0.4, 0.5) is 0 Å². The van der Waals surface area contributed by atoms with E-state index in [1.54, 1.807) is 38.0 Å². The van der Waals surface area contributed by atoms with Crippen LogP contribution >= 0.6 is 23.4 Å². The number of carboxylic acid groups (broad SMARTS) is 1. The second-order valence-corrected chi connectivity index (χ2v) is 13.4. The highest BCUT2D eigenvalue weighted by Crippen LogP contribution is 2.44. The van der Waals surface area contributed by atoms with Crippen LogP contribution < -0.4 is 4.74 Å². The van der Waals surface area contributed by atoms with Crippen LogP contribution in [-0.4, -0.2) is 30.4 Å². The van der Waals surface area contributed by atoms with E-state index in [-0.39, 0.29) is 10.9 Å². The molecule has 38 heavy (non-hydrogen) atoms. The molecule has 4 rings (SSSR count). The lowest BCUT2D eigenvalue weighted by Gasteiger charge is -2.24. The summed E-state index contributed by atoms with van der Waals surface area (Å²) >= 11 is 7.86. The Bertz CT molecular complexity index is 1430. The fourth-order valence-electron chi connectivity index (χ4n) is 4.20. The Balaban J connectivity index is 1.88. The van der Waals surface area contributed by atoms with E-state index in [4.69, 9.17) is 21.3 Å². The summed E-state index contributed by atoms with van der Waals surface area (Å²) in [6, 6.07) is 15.5. The fraction of sp³-hybridized carbons (Fsp3) is 0.367. The van der Waals surface area contributed by atoms with Crippen molar-refractivity contribution in [1.82, 2.24) is 14.5 Å². The molecule has 0 fully saturated rings. The van der Waals surface area contributed by atoms with E-state index in [1.165, 1.54) is 0 Å². The van der Waals surface area contributed by atoms with Gasteiger partial charge < -0.3 is 14.4 Å². The van der Waals surface area contributed by atoms with E-state index in [2.05, 4.69) is 30.3 Å². The third-order valence-corrected chi connectivity index (χ3v) is 7.72. The SMILES string of the molecule is C[C@@H](Oc1cnc2c(c1)c(SC(C)(C)C)c(CC(C)(C)C(=O)O)n2Cc1ccc(Cl)cc1)c1ccccn1. The number of carboxylic acids is 1. The van der Waals surface area contributed by atoms with Crippen LogP contribution in [0.15, 0.2) is 65.8 Å². The molecule has 0 amide bonds. The van der Waals surface area contributed by atoms with Gasteiger partial charge >= 0.3 is 5.97 Å². The van der Waals surface area contributed by atoms with Crippen molar-refractivity contribution in [3.05, 3.63) is 82.9 Å². The van der Waals surface area contributed by atoms with Gasteiger partial charge in [0.1, 0.15) is 17.5 Å². The Morgan fingerprint density at radius 2 is 1.82 bits per heavy atom. The largest absolute Gasteiger partial charge is 0.483 e. The molecule has 6 nitrogen and oxygen atoms in total. The summed E-state index contributed by atoms with van der Waals surface area (Å²) in [4.78, 5) is 22.5. The van der Waals surface area contributed by atoms with Crippen molar-refractivity contribution >= 4 is 40.4 Å². The molecular formula is C30H34ClN3O3S. The van der Waals surface area contributed by atoms with Crippen molar-refractivity contribution < 1.29 is 14.6 Å². The molecular weight excluding hydrogens is 518 g/mol. The summed E-state index contributed by atoms with van der Waals surface area (Å²) in [5.41, 5.74) is 2.66. The van der Waals surface area contributed by atoms with E-state index < -0.39 is 11.4 Å². The maximum Gasteiger partial charge on any atom is 0.309 e. The zero-order valence-corrected chi connectivity index (χ0v) is 24.2. The Morgan fingerprint density at radius 1 is 1.11 bits per heavy atom. The van der Waals surface area contributed by atoms with Gasteiger partial charge in [-0.1, -0.05) is 50.6 Å². The molecule has 0 radical (unpaired) electrons. The number of aromatic nitrogens is 3. The molecule has 0 unspecified atom stereocenters. The molecule has 3 heterocycles. The van der Waals surface area contributed by atoms with Crippen molar-refractivity contribution in [3.63, 3.8) is 0 Å². The van der Waals surface area contributed by atoms with Gasteiger partial charge in [0.15, 0.2) is 0 Å². The molecule has 0 saturated carbocycles. The van der Waals surface area contributed by atoms with Gasteiger partial charge in [-0.15, -0.1) is 11.8 Å². The van der Waals surface area contributed by atoms with Gasteiger partial charge in [0.2, 0.25) is 0 Å². The molecule has 8 heteroatoms. The maximum atomic E-state index is 12.2. The molecule has 0 bridgehead atoms. The number of halogens is 1. The predicted molar refractivity (Wildman–Crippen MR) is 154 cm³/mol. The molecule has 0 aliphatic heterocycles. The molecule has 200 valence electrons. The lowest BCUT2D eigenvalue weighted by Crippen LogP contribution is -2.28. The first-order valence-corrected chi connectivity index (χ1v) is 13.8. The summed E-state index contributed by atoms with van der Waals surface area (Å²) in [5.74, 6) is -0.201. The summed E-state index contributed by atoms with van der Waals surface area (Å²) in [7, 11) is 0. The number of thioether (sulfide) groups is 1. The molecule has 1 atom stereocenters. The van der Waals surface area contributed by atoms with Gasteiger partial charge in [0.25, 0.3) is 0 Å². The third kappa shape index (κ3) is 6.51. The minimum atomic E-state index is -0.966. The van der Waals surface area contributed by atoms with Gasteiger partial charge in [-0.25, -0.2) is 4.98 Å². The number of aliphatic carboxylic acids is 1. The highest BCUT2D eigenvalue weighted by molar-refractivity contribution is 8.00.